The Balaban J connectivity index is 2.38. The number of thioether (sulfide) groups is 1. The molecule has 5 nitrogen and oxygen atoms in total. The van der Waals surface area contributed by atoms with E-state index in [1.54, 1.807) is 0 Å². The molecule has 1 aromatic rings. The molecule has 1 saturated heterocycles. The summed E-state index contributed by atoms with van der Waals surface area (Å²) in [5.74, 6) is 0.915. The predicted molar refractivity (Wildman–Crippen MR) is 58.6 cm³/mol. The Morgan fingerprint density at radius 2 is 2.20 bits per heavy atom. The highest BCUT2D eigenvalue weighted by atomic mass is 32.2. The van der Waals surface area contributed by atoms with Crippen molar-refractivity contribution < 1.29 is 4.74 Å². The Morgan fingerprint density at radius 3 is 2.80 bits per heavy atom. The molecular weight excluding hydrogens is 212 g/mol. The van der Waals surface area contributed by atoms with Crippen molar-refractivity contribution >= 4 is 17.7 Å². The Morgan fingerprint density at radius 1 is 1.40 bits per heavy atom. The molecule has 0 bridgehead atoms. The van der Waals surface area contributed by atoms with Crippen LogP contribution in [0.2, 0.25) is 0 Å². The number of anilines is 1. The monoisotopic (exact) mass is 226 g/mol. The van der Waals surface area contributed by atoms with E-state index in [0.717, 1.165) is 19.4 Å². The Kier molecular flexibility index (Phi) is 2.79. The summed E-state index contributed by atoms with van der Waals surface area (Å²) in [6.07, 6.45) is 3.89. The summed E-state index contributed by atoms with van der Waals surface area (Å²) in [5.41, 5.74) is 5.24. The highest BCUT2D eigenvalue weighted by Gasteiger charge is 2.35. The van der Waals surface area contributed by atoms with Crippen molar-refractivity contribution in [2.45, 2.75) is 30.5 Å². The fraction of sp³-hybridized carbons (Fsp3) is 0.667. The topological polar surface area (TPSA) is 73.9 Å². The maximum absolute atomic E-state index is 5.66. The van der Waals surface area contributed by atoms with Crippen molar-refractivity contribution in [3.63, 3.8) is 0 Å². The van der Waals surface area contributed by atoms with Crippen molar-refractivity contribution in [3.05, 3.63) is 5.82 Å². The van der Waals surface area contributed by atoms with Crippen LogP contribution in [0.5, 0.6) is 0 Å². The molecule has 1 unspecified atom stereocenters. The first-order valence-corrected chi connectivity index (χ1v) is 6.06. The van der Waals surface area contributed by atoms with Crippen molar-refractivity contribution in [2.75, 3.05) is 18.6 Å². The zero-order valence-electron chi connectivity index (χ0n) is 8.86. The molecule has 0 amide bonds. The molecule has 15 heavy (non-hydrogen) atoms. The van der Waals surface area contributed by atoms with Gasteiger partial charge in [-0.25, -0.2) is 4.98 Å². The van der Waals surface area contributed by atoms with Crippen LogP contribution in [-0.2, 0) is 10.3 Å². The number of hydrogen-bond acceptors (Lipinski definition) is 6. The molecule has 1 aliphatic rings. The lowest BCUT2D eigenvalue weighted by molar-refractivity contribution is 0.00869. The number of ether oxygens (including phenoxy) is 1. The van der Waals surface area contributed by atoms with Crippen molar-refractivity contribution in [1.82, 2.24) is 15.0 Å². The van der Waals surface area contributed by atoms with E-state index >= 15 is 0 Å². The standard InChI is InChI=1S/C9H14N4OS/c1-9(4-3-5-14-9)6-11-7(10)13-8(12-6)15-2/h3-5H2,1-2H3,(H2,10,11,12,13). The molecule has 2 rings (SSSR count). The minimum atomic E-state index is -0.387. The number of aromatic nitrogens is 3. The molecule has 0 aromatic carbocycles. The lowest BCUT2D eigenvalue weighted by atomic mass is 10.0. The van der Waals surface area contributed by atoms with Crippen LogP contribution in [0.1, 0.15) is 25.6 Å². The molecule has 2 N–H and O–H groups in total. The van der Waals surface area contributed by atoms with E-state index in [0.29, 0.717) is 11.0 Å². The third-order valence-corrected chi connectivity index (χ3v) is 3.05. The van der Waals surface area contributed by atoms with Gasteiger partial charge in [-0.2, -0.15) is 9.97 Å². The van der Waals surface area contributed by atoms with Crippen molar-refractivity contribution in [2.24, 2.45) is 0 Å². The second kappa shape index (κ2) is 3.94. The van der Waals surface area contributed by atoms with Gasteiger partial charge in [0.25, 0.3) is 0 Å². The first kappa shape index (κ1) is 10.6. The molecule has 1 fully saturated rings. The van der Waals surface area contributed by atoms with Crippen LogP contribution in [0, 0.1) is 0 Å². The predicted octanol–water partition coefficient (Wildman–Crippen LogP) is 1.20. The summed E-state index contributed by atoms with van der Waals surface area (Å²) in [7, 11) is 0. The van der Waals surface area contributed by atoms with Crippen LogP contribution >= 0.6 is 11.8 Å². The fourth-order valence-electron chi connectivity index (χ4n) is 1.66. The molecule has 0 aliphatic carbocycles. The molecule has 0 saturated carbocycles. The highest BCUT2D eigenvalue weighted by molar-refractivity contribution is 7.98. The average molecular weight is 226 g/mol. The summed E-state index contributed by atoms with van der Waals surface area (Å²) in [6.45, 7) is 2.76. The van der Waals surface area contributed by atoms with Gasteiger partial charge in [-0.3, -0.25) is 0 Å². The van der Waals surface area contributed by atoms with Gasteiger partial charge in [0, 0.05) is 6.61 Å². The molecule has 1 atom stereocenters. The second-order valence-electron chi connectivity index (χ2n) is 3.69. The van der Waals surface area contributed by atoms with Crippen LogP contribution in [0.4, 0.5) is 5.95 Å². The third kappa shape index (κ3) is 2.05. The largest absolute Gasteiger partial charge is 0.368 e. The molecule has 2 heterocycles. The van der Waals surface area contributed by atoms with Gasteiger partial charge in [-0.1, -0.05) is 11.8 Å². The fourth-order valence-corrected chi connectivity index (χ4v) is 2.02. The van der Waals surface area contributed by atoms with Gasteiger partial charge in [0.05, 0.1) is 0 Å². The number of hydrogen-bond donors (Lipinski definition) is 1. The number of rotatable bonds is 2. The lowest BCUT2D eigenvalue weighted by Gasteiger charge is -2.21. The zero-order valence-corrected chi connectivity index (χ0v) is 9.67. The summed E-state index contributed by atoms with van der Waals surface area (Å²) >= 11 is 1.46. The molecule has 82 valence electrons. The van der Waals surface area contributed by atoms with E-state index in [9.17, 15) is 0 Å². The third-order valence-electron chi connectivity index (χ3n) is 2.51. The van der Waals surface area contributed by atoms with E-state index in [1.165, 1.54) is 11.8 Å². The highest BCUT2D eigenvalue weighted by Crippen LogP contribution is 2.33. The summed E-state index contributed by atoms with van der Waals surface area (Å²) < 4.78 is 5.66. The normalized spacial score (nSPS) is 25.7. The summed E-state index contributed by atoms with van der Waals surface area (Å²) in [4.78, 5) is 12.5. The second-order valence-corrected chi connectivity index (χ2v) is 4.46. The number of nitrogens with two attached hydrogens (primary N) is 1. The van der Waals surface area contributed by atoms with Gasteiger partial charge in [0.15, 0.2) is 11.0 Å². The number of nitrogens with zero attached hydrogens (tertiary/aromatic N) is 3. The maximum Gasteiger partial charge on any atom is 0.224 e. The van der Waals surface area contributed by atoms with Crippen LogP contribution in [-0.4, -0.2) is 27.8 Å². The SMILES string of the molecule is CSc1nc(N)nc(C2(C)CCCO2)n1. The van der Waals surface area contributed by atoms with Gasteiger partial charge >= 0.3 is 0 Å². The van der Waals surface area contributed by atoms with Crippen LogP contribution in [0.15, 0.2) is 5.16 Å². The smallest absolute Gasteiger partial charge is 0.224 e. The van der Waals surface area contributed by atoms with Crippen LogP contribution in [0.3, 0.4) is 0 Å². The van der Waals surface area contributed by atoms with Gasteiger partial charge < -0.3 is 10.5 Å². The lowest BCUT2D eigenvalue weighted by Crippen LogP contribution is -2.24. The number of nitrogen functional groups attached to an aromatic ring is 1. The quantitative estimate of drug-likeness (QED) is 0.764. The minimum Gasteiger partial charge on any atom is -0.368 e. The first-order chi connectivity index (χ1) is 7.14. The van der Waals surface area contributed by atoms with E-state index < -0.39 is 0 Å². The van der Waals surface area contributed by atoms with E-state index in [1.807, 2.05) is 13.2 Å². The Bertz CT molecular complexity index is 365. The average Bonchev–Trinajstić information content (AvgIpc) is 2.65. The van der Waals surface area contributed by atoms with Crippen molar-refractivity contribution in [1.29, 1.82) is 0 Å². The molecule has 1 aliphatic heterocycles. The van der Waals surface area contributed by atoms with E-state index in [-0.39, 0.29) is 11.5 Å². The van der Waals surface area contributed by atoms with E-state index in [4.69, 9.17) is 10.5 Å². The zero-order chi connectivity index (χ0) is 10.9. The molecular formula is C9H14N4OS. The Hall–Kier alpha value is -0.880. The summed E-state index contributed by atoms with van der Waals surface area (Å²) in [5, 5.41) is 0.647. The molecule has 6 heteroatoms. The van der Waals surface area contributed by atoms with Gasteiger partial charge in [-0.05, 0) is 26.0 Å². The van der Waals surface area contributed by atoms with E-state index in [2.05, 4.69) is 15.0 Å². The minimum absolute atomic E-state index is 0.265. The Labute approximate surface area is 92.9 Å². The summed E-state index contributed by atoms with van der Waals surface area (Å²) in [6, 6.07) is 0. The maximum atomic E-state index is 5.66. The first-order valence-electron chi connectivity index (χ1n) is 4.84. The van der Waals surface area contributed by atoms with Crippen LogP contribution < -0.4 is 5.73 Å². The molecule has 0 spiro atoms. The van der Waals surface area contributed by atoms with Gasteiger partial charge in [0.1, 0.15) is 5.60 Å². The molecule has 1 aromatic heterocycles. The molecule has 0 radical (unpaired) electrons. The van der Waals surface area contributed by atoms with Gasteiger partial charge in [0.2, 0.25) is 5.95 Å². The van der Waals surface area contributed by atoms with Crippen molar-refractivity contribution in [3.8, 4) is 0 Å². The van der Waals surface area contributed by atoms with Gasteiger partial charge in [-0.15, -0.1) is 0 Å². The van der Waals surface area contributed by atoms with Crippen LogP contribution in [0.25, 0.3) is 0 Å².